The topological polar surface area (TPSA) is 32.3 Å². The SMILES string of the molecule is CSCC(NCC(O)C1CCCC1)c1ccccc1. The van der Waals surface area contributed by atoms with E-state index in [2.05, 4.69) is 35.8 Å². The van der Waals surface area contributed by atoms with Crippen molar-refractivity contribution < 1.29 is 5.11 Å². The van der Waals surface area contributed by atoms with E-state index in [-0.39, 0.29) is 6.10 Å². The molecule has 1 aliphatic rings. The van der Waals surface area contributed by atoms with Crippen LogP contribution >= 0.6 is 11.8 Å². The van der Waals surface area contributed by atoms with Gasteiger partial charge in [-0.1, -0.05) is 43.2 Å². The second-order valence-electron chi connectivity index (χ2n) is 5.44. The molecule has 1 fully saturated rings. The van der Waals surface area contributed by atoms with Crippen LogP contribution in [0, 0.1) is 5.92 Å². The van der Waals surface area contributed by atoms with Crippen LogP contribution in [0.5, 0.6) is 0 Å². The van der Waals surface area contributed by atoms with Crippen molar-refractivity contribution >= 4 is 11.8 Å². The Balaban J connectivity index is 1.86. The summed E-state index contributed by atoms with van der Waals surface area (Å²) in [5.41, 5.74) is 1.32. The quantitative estimate of drug-likeness (QED) is 0.804. The minimum absolute atomic E-state index is 0.185. The molecule has 2 N–H and O–H groups in total. The zero-order chi connectivity index (χ0) is 13.5. The van der Waals surface area contributed by atoms with E-state index in [0.29, 0.717) is 18.5 Å². The first-order valence-electron chi connectivity index (χ1n) is 7.26. The third-order valence-corrected chi connectivity index (χ3v) is 4.72. The molecular weight excluding hydrogens is 254 g/mol. The van der Waals surface area contributed by atoms with Gasteiger partial charge in [0.1, 0.15) is 0 Å². The van der Waals surface area contributed by atoms with Crippen molar-refractivity contribution in [2.24, 2.45) is 5.92 Å². The Morgan fingerprint density at radius 1 is 1.26 bits per heavy atom. The number of aliphatic hydroxyl groups is 1. The van der Waals surface area contributed by atoms with Crippen molar-refractivity contribution in [3.63, 3.8) is 0 Å². The van der Waals surface area contributed by atoms with Crippen LogP contribution in [0.25, 0.3) is 0 Å². The summed E-state index contributed by atoms with van der Waals surface area (Å²) in [5.74, 6) is 1.56. The van der Waals surface area contributed by atoms with E-state index in [9.17, 15) is 5.11 Å². The molecule has 0 heterocycles. The smallest absolute Gasteiger partial charge is 0.0692 e. The lowest BCUT2D eigenvalue weighted by Gasteiger charge is -2.23. The second kappa shape index (κ2) is 7.93. The Morgan fingerprint density at radius 3 is 2.58 bits per heavy atom. The van der Waals surface area contributed by atoms with Crippen molar-refractivity contribution in [1.82, 2.24) is 5.32 Å². The monoisotopic (exact) mass is 279 g/mol. The zero-order valence-electron chi connectivity index (χ0n) is 11.7. The lowest BCUT2D eigenvalue weighted by Crippen LogP contribution is -2.35. The summed E-state index contributed by atoms with van der Waals surface area (Å²) in [6.07, 6.45) is 6.91. The van der Waals surface area contributed by atoms with Crippen LogP contribution in [0.4, 0.5) is 0 Å². The maximum atomic E-state index is 10.2. The van der Waals surface area contributed by atoms with Crippen LogP contribution in [-0.4, -0.2) is 29.8 Å². The lowest BCUT2D eigenvalue weighted by molar-refractivity contribution is 0.107. The molecule has 2 rings (SSSR count). The highest BCUT2D eigenvalue weighted by Crippen LogP contribution is 2.28. The molecule has 0 aliphatic heterocycles. The summed E-state index contributed by atoms with van der Waals surface area (Å²) >= 11 is 1.84. The molecule has 0 bridgehead atoms. The van der Waals surface area contributed by atoms with E-state index < -0.39 is 0 Å². The Kier molecular flexibility index (Phi) is 6.21. The summed E-state index contributed by atoms with van der Waals surface area (Å²) in [6.45, 7) is 0.713. The van der Waals surface area contributed by atoms with E-state index in [0.717, 1.165) is 5.75 Å². The number of aliphatic hydroxyl groups excluding tert-OH is 1. The van der Waals surface area contributed by atoms with Gasteiger partial charge in [-0.05, 0) is 30.6 Å². The van der Waals surface area contributed by atoms with E-state index in [4.69, 9.17) is 0 Å². The minimum atomic E-state index is -0.185. The van der Waals surface area contributed by atoms with E-state index in [1.54, 1.807) is 0 Å². The molecule has 0 saturated heterocycles. The molecule has 0 spiro atoms. The van der Waals surface area contributed by atoms with Crippen molar-refractivity contribution in [3.05, 3.63) is 35.9 Å². The minimum Gasteiger partial charge on any atom is -0.392 e. The normalized spacial score (nSPS) is 19.5. The number of hydrogen-bond donors (Lipinski definition) is 2. The van der Waals surface area contributed by atoms with Gasteiger partial charge in [-0.3, -0.25) is 0 Å². The van der Waals surface area contributed by atoms with Crippen LogP contribution in [0.1, 0.15) is 37.3 Å². The molecular formula is C16H25NOS. The van der Waals surface area contributed by atoms with Gasteiger partial charge in [0.15, 0.2) is 0 Å². The predicted octanol–water partition coefficient (Wildman–Crippen LogP) is 3.23. The molecule has 2 unspecified atom stereocenters. The number of thioether (sulfide) groups is 1. The lowest BCUT2D eigenvalue weighted by atomic mass is 10.0. The number of hydrogen-bond acceptors (Lipinski definition) is 3. The van der Waals surface area contributed by atoms with Gasteiger partial charge < -0.3 is 10.4 Å². The molecule has 19 heavy (non-hydrogen) atoms. The maximum Gasteiger partial charge on any atom is 0.0692 e. The molecule has 0 aromatic heterocycles. The second-order valence-corrected chi connectivity index (χ2v) is 6.35. The summed E-state index contributed by atoms with van der Waals surface area (Å²) in [4.78, 5) is 0. The average Bonchev–Trinajstić information content (AvgIpc) is 2.98. The maximum absolute atomic E-state index is 10.2. The molecule has 106 valence electrons. The average molecular weight is 279 g/mol. The number of nitrogens with one attached hydrogen (secondary N) is 1. The van der Waals surface area contributed by atoms with E-state index >= 15 is 0 Å². The first kappa shape index (κ1) is 14.9. The molecule has 2 nitrogen and oxygen atoms in total. The summed E-state index contributed by atoms with van der Waals surface area (Å²) < 4.78 is 0. The number of benzene rings is 1. The molecule has 1 saturated carbocycles. The third kappa shape index (κ3) is 4.51. The van der Waals surface area contributed by atoms with Gasteiger partial charge in [-0.15, -0.1) is 0 Å². The van der Waals surface area contributed by atoms with Crippen LogP contribution < -0.4 is 5.32 Å². The van der Waals surface area contributed by atoms with Crippen LogP contribution in [0.2, 0.25) is 0 Å². The predicted molar refractivity (Wildman–Crippen MR) is 83.5 cm³/mol. The molecule has 1 aromatic carbocycles. The first-order chi connectivity index (χ1) is 9.31. The first-order valence-corrected chi connectivity index (χ1v) is 8.66. The Hall–Kier alpha value is -0.510. The fourth-order valence-corrected chi connectivity index (χ4v) is 3.54. The highest BCUT2D eigenvalue weighted by atomic mass is 32.2. The molecule has 0 radical (unpaired) electrons. The van der Waals surface area contributed by atoms with Crippen LogP contribution in [0.15, 0.2) is 30.3 Å². The van der Waals surface area contributed by atoms with Crippen molar-refractivity contribution in [1.29, 1.82) is 0 Å². The zero-order valence-corrected chi connectivity index (χ0v) is 12.5. The fourth-order valence-electron chi connectivity index (χ4n) is 2.90. The highest BCUT2D eigenvalue weighted by Gasteiger charge is 2.23. The standard InChI is InChI=1S/C16H25NOS/c1-19-12-15(13-7-3-2-4-8-13)17-11-16(18)14-9-5-6-10-14/h2-4,7-8,14-18H,5-6,9-12H2,1H3. The van der Waals surface area contributed by atoms with E-state index in [1.807, 2.05) is 17.8 Å². The molecule has 1 aliphatic carbocycles. The van der Waals surface area contributed by atoms with Crippen LogP contribution in [-0.2, 0) is 0 Å². The van der Waals surface area contributed by atoms with Crippen molar-refractivity contribution in [3.8, 4) is 0 Å². The molecule has 3 heteroatoms. The Bertz CT molecular complexity index is 351. The van der Waals surface area contributed by atoms with Gasteiger partial charge in [0.2, 0.25) is 0 Å². The Morgan fingerprint density at radius 2 is 1.95 bits per heavy atom. The Labute approximate surface area is 121 Å². The third-order valence-electron chi connectivity index (χ3n) is 4.05. The van der Waals surface area contributed by atoms with E-state index in [1.165, 1.54) is 31.2 Å². The van der Waals surface area contributed by atoms with Gasteiger partial charge >= 0.3 is 0 Å². The van der Waals surface area contributed by atoms with Crippen LogP contribution in [0.3, 0.4) is 0 Å². The van der Waals surface area contributed by atoms with Crippen molar-refractivity contribution in [2.75, 3.05) is 18.6 Å². The number of rotatable bonds is 7. The molecule has 2 atom stereocenters. The largest absolute Gasteiger partial charge is 0.392 e. The molecule has 0 amide bonds. The highest BCUT2D eigenvalue weighted by molar-refractivity contribution is 7.98. The van der Waals surface area contributed by atoms with Gasteiger partial charge in [0.05, 0.1) is 6.10 Å². The summed E-state index contributed by atoms with van der Waals surface area (Å²) in [6, 6.07) is 10.9. The van der Waals surface area contributed by atoms with Gasteiger partial charge in [-0.2, -0.15) is 11.8 Å². The van der Waals surface area contributed by atoms with Gasteiger partial charge in [0.25, 0.3) is 0 Å². The van der Waals surface area contributed by atoms with Gasteiger partial charge in [0, 0.05) is 18.3 Å². The summed E-state index contributed by atoms with van der Waals surface area (Å²) in [7, 11) is 0. The van der Waals surface area contributed by atoms with Crippen molar-refractivity contribution in [2.45, 2.75) is 37.8 Å². The summed E-state index contributed by atoms with van der Waals surface area (Å²) in [5, 5.41) is 13.8. The molecule has 1 aromatic rings. The van der Waals surface area contributed by atoms with Gasteiger partial charge in [-0.25, -0.2) is 0 Å². The fraction of sp³-hybridized carbons (Fsp3) is 0.625.